The number of hydrogen-bond donors (Lipinski definition) is 1. The fraction of sp³-hybridized carbons (Fsp3) is 0.522. The minimum Gasteiger partial charge on any atom is -0.354 e. The molecule has 1 unspecified atom stereocenters. The molecule has 0 bridgehead atoms. The van der Waals surface area contributed by atoms with Crippen LogP contribution in [0.3, 0.4) is 0 Å². The quantitative estimate of drug-likeness (QED) is 0.690. The predicted octanol–water partition coefficient (Wildman–Crippen LogP) is 2.37. The van der Waals surface area contributed by atoms with Crippen molar-refractivity contribution in [2.45, 2.75) is 65.0 Å². The Balaban J connectivity index is 1.44. The van der Waals surface area contributed by atoms with E-state index in [4.69, 9.17) is 0 Å². The molecule has 1 aromatic heterocycles. The number of carbonyl (C=O) groups is 3. The molecule has 8 heteroatoms. The van der Waals surface area contributed by atoms with E-state index < -0.39 is 17.9 Å². The molecular weight excluding hydrogens is 394 g/mol. The Hall–Kier alpha value is -3.03. The summed E-state index contributed by atoms with van der Waals surface area (Å²) in [6.45, 7) is 5.25. The van der Waals surface area contributed by atoms with E-state index in [0.29, 0.717) is 30.5 Å². The Morgan fingerprint density at radius 1 is 1.06 bits per heavy atom. The predicted molar refractivity (Wildman–Crippen MR) is 114 cm³/mol. The van der Waals surface area contributed by atoms with Gasteiger partial charge >= 0.3 is 0 Å². The van der Waals surface area contributed by atoms with Gasteiger partial charge in [-0.25, -0.2) is 0 Å². The number of nitrogens with zero attached hydrogens (tertiary/aromatic N) is 4. The number of fused-ring (bicyclic) bond motifs is 2. The summed E-state index contributed by atoms with van der Waals surface area (Å²) in [4.78, 5) is 40.0. The molecule has 0 spiro atoms. The van der Waals surface area contributed by atoms with Gasteiger partial charge in [0.1, 0.15) is 17.7 Å². The molecule has 2 aliphatic rings. The summed E-state index contributed by atoms with van der Waals surface area (Å²) in [6, 6.07) is 5.90. The Morgan fingerprint density at radius 3 is 2.45 bits per heavy atom. The SMILES string of the molecule is CC(C)CC(C(=O)NCCc1nnc2n1CCCCC2)N1C(=O)c2ccccc2C1=O. The summed E-state index contributed by atoms with van der Waals surface area (Å²) < 4.78 is 2.16. The highest BCUT2D eigenvalue weighted by Crippen LogP contribution is 2.27. The monoisotopic (exact) mass is 423 g/mol. The normalized spacial score (nSPS) is 16.8. The van der Waals surface area contributed by atoms with E-state index in [-0.39, 0.29) is 11.8 Å². The lowest BCUT2D eigenvalue weighted by Crippen LogP contribution is -2.50. The molecule has 31 heavy (non-hydrogen) atoms. The molecule has 0 saturated carbocycles. The van der Waals surface area contributed by atoms with Gasteiger partial charge in [-0.2, -0.15) is 0 Å². The third kappa shape index (κ3) is 4.24. The van der Waals surface area contributed by atoms with Crippen LogP contribution in [0.4, 0.5) is 0 Å². The Bertz CT molecular complexity index is 962. The van der Waals surface area contributed by atoms with Crippen LogP contribution >= 0.6 is 0 Å². The van der Waals surface area contributed by atoms with Crippen LogP contribution in [0, 0.1) is 5.92 Å². The van der Waals surface area contributed by atoms with Gasteiger partial charge in [-0.3, -0.25) is 19.3 Å². The molecule has 0 radical (unpaired) electrons. The number of carbonyl (C=O) groups excluding carboxylic acids is 3. The van der Waals surface area contributed by atoms with Gasteiger partial charge in [0.05, 0.1) is 11.1 Å². The lowest BCUT2D eigenvalue weighted by Gasteiger charge is -2.26. The standard InChI is InChI=1S/C23H29N5O3/c1-15(2)14-18(28-22(30)16-8-5-6-9-17(16)23(28)31)21(29)24-12-11-20-26-25-19-10-4-3-7-13-27(19)20/h5-6,8-9,15,18H,3-4,7,10-14H2,1-2H3,(H,24,29). The molecule has 3 heterocycles. The second-order valence-corrected chi connectivity index (χ2v) is 8.71. The largest absolute Gasteiger partial charge is 0.354 e. The van der Waals surface area contributed by atoms with Gasteiger partial charge in [-0.05, 0) is 37.3 Å². The van der Waals surface area contributed by atoms with Gasteiger partial charge in [0.25, 0.3) is 11.8 Å². The van der Waals surface area contributed by atoms with Gasteiger partial charge < -0.3 is 9.88 Å². The maximum absolute atomic E-state index is 13.1. The topological polar surface area (TPSA) is 97.2 Å². The van der Waals surface area contributed by atoms with Crippen molar-refractivity contribution in [1.82, 2.24) is 25.0 Å². The first-order valence-corrected chi connectivity index (χ1v) is 11.1. The number of imide groups is 1. The van der Waals surface area contributed by atoms with Crippen molar-refractivity contribution in [3.05, 3.63) is 47.0 Å². The zero-order valence-electron chi connectivity index (χ0n) is 18.1. The van der Waals surface area contributed by atoms with E-state index in [0.717, 1.165) is 42.4 Å². The summed E-state index contributed by atoms with van der Waals surface area (Å²) in [7, 11) is 0. The zero-order chi connectivity index (χ0) is 22.0. The number of aryl methyl sites for hydroxylation is 1. The highest BCUT2D eigenvalue weighted by molar-refractivity contribution is 6.22. The third-order valence-electron chi connectivity index (χ3n) is 5.97. The first-order valence-electron chi connectivity index (χ1n) is 11.1. The van der Waals surface area contributed by atoms with Crippen molar-refractivity contribution < 1.29 is 14.4 Å². The number of benzene rings is 1. The summed E-state index contributed by atoms with van der Waals surface area (Å²) in [5, 5.41) is 11.5. The average Bonchev–Trinajstić information content (AvgIpc) is 3.13. The number of aromatic nitrogens is 3. The number of rotatable bonds is 7. The zero-order valence-corrected chi connectivity index (χ0v) is 18.1. The van der Waals surface area contributed by atoms with E-state index >= 15 is 0 Å². The molecule has 0 aliphatic carbocycles. The summed E-state index contributed by atoms with van der Waals surface area (Å²) in [5.41, 5.74) is 0.723. The van der Waals surface area contributed by atoms with Crippen molar-refractivity contribution in [2.24, 2.45) is 5.92 Å². The molecule has 1 atom stereocenters. The average molecular weight is 424 g/mol. The van der Waals surface area contributed by atoms with Crippen molar-refractivity contribution in [2.75, 3.05) is 6.54 Å². The fourth-order valence-electron chi connectivity index (χ4n) is 4.41. The maximum atomic E-state index is 13.1. The molecule has 3 amide bonds. The molecule has 1 aromatic carbocycles. The second-order valence-electron chi connectivity index (χ2n) is 8.71. The summed E-state index contributed by atoms with van der Waals surface area (Å²) >= 11 is 0. The number of nitrogens with one attached hydrogen (secondary N) is 1. The Kier molecular flexibility index (Phi) is 6.15. The first kappa shape index (κ1) is 21.2. The highest BCUT2D eigenvalue weighted by Gasteiger charge is 2.42. The van der Waals surface area contributed by atoms with Gasteiger partial charge in [-0.1, -0.05) is 32.4 Å². The molecule has 164 valence electrons. The Morgan fingerprint density at radius 2 is 1.77 bits per heavy atom. The first-order chi connectivity index (χ1) is 15.0. The van der Waals surface area contributed by atoms with Gasteiger partial charge in [-0.15, -0.1) is 10.2 Å². The van der Waals surface area contributed by atoms with Crippen molar-refractivity contribution in [3.8, 4) is 0 Å². The number of hydrogen-bond acceptors (Lipinski definition) is 5. The van der Waals surface area contributed by atoms with E-state index in [1.807, 2.05) is 13.8 Å². The van der Waals surface area contributed by atoms with E-state index in [9.17, 15) is 14.4 Å². The molecule has 1 N–H and O–H groups in total. The lowest BCUT2D eigenvalue weighted by atomic mass is 10.0. The van der Waals surface area contributed by atoms with Crippen molar-refractivity contribution >= 4 is 17.7 Å². The molecule has 0 fully saturated rings. The molecule has 4 rings (SSSR count). The van der Waals surface area contributed by atoms with Gasteiger partial charge in [0, 0.05) is 25.9 Å². The van der Waals surface area contributed by atoms with Crippen molar-refractivity contribution in [3.63, 3.8) is 0 Å². The van der Waals surface area contributed by atoms with Crippen LogP contribution < -0.4 is 5.32 Å². The molecular formula is C23H29N5O3. The van der Waals surface area contributed by atoms with Crippen LogP contribution in [-0.2, 0) is 24.2 Å². The molecule has 0 saturated heterocycles. The van der Waals surface area contributed by atoms with Crippen molar-refractivity contribution in [1.29, 1.82) is 0 Å². The third-order valence-corrected chi connectivity index (χ3v) is 5.97. The number of amides is 3. The fourth-order valence-corrected chi connectivity index (χ4v) is 4.41. The minimum absolute atomic E-state index is 0.146. The van der Waals surface area contributed by atoms with Crippen LogP contribution in [0.15, 0.2) is 24.3 Å². The van der Waals surface area contributed by atoms with E-state index in [2.05, 4.69) is 20.1 Å². The van der Waals surface area contributed by atoms with Crippen LogP contribution in [0.5, 0.6) is 0 Å². The van der Waals surface area contributed by atoms with Crippen LogP contribution in [0.2, 0.25) is 0 Å². The Labute approximate surface area is 182 Å². The molecule has 2 aromatic rings. The summed E-state index contributed by atoms with van der Waals surface area (Å²) in [5.74, 6) is 0.931. The van der Waals surface area contributed by atoms with Crippen LogP contribution in [0.25, 0.3) is 0 Å². The summed E-state index contributed by atoms with van der Waals surface area (Å²) in [6.07, 6.45) is 5.35. The van der Waals surface area contributed by atoms with Gasteiger partial charge in [0.15, 0.2) is 0 Å². The molecule has 2 aliphatic heterocycles. The second kappa shape index (κ2) is 8.99. The smallest absolute Gasteiger partial charge is 0.262 e. The highest BCUT2D eigenvalue weighted by atomic mass is 16.2. The molecule has 8 nitrogen and oxygen atoms in total. The van der Waals surface area contributed by atoms with Crippen LogP contribution in [-0.4, -0.2) is 50.0 Å². The van der Waals surface area contributed by atoms with Crippen LogP contribution in [0.1, 0.15) is 71.9 Å². The van der Waals surface area contributed by atoms with Gasteiger partial charge in [0.2, 0.25) is 5.91 Å². The van der Waals surface area contributed by atoms with E-state index in [1.54, 1.807) is 24.3 Å². The van der Waals surface area contributed by atoms with E-state index in [1.165, 1.54) is 6.42 Å². The maximum Gasteiger partial charge on any atom is 0.262 e. The minimum atomic E-state index is -0.831. The lowest BCUT2D eigenvalue weighted by molar-refractivity contribution is -0.125.